The molecule has 1 aliphatic heterocycles. The first kappa shape index (κ1) is 20.3. The lowest BCUT2D eigenvalue weighted by molar-refractivity contribution is -0.270. The molecular weight excluding hydrogens is 362 g/mol. The second-order valence-electron chi connectivity index (χ2n) is 6.51. The molecule has 2 unspecified atom stereocenters. The zero-order valence-electron chi connectivity index (χ0n) is 15.2. The number of aliphatic hydroxyl groups excluding tert-OH is 2. The van der Waals surface area contributed by atoms with Crippen LogP contribution in [0.2, 0.25) is 0 Å². The average Bonchev–Trinajstić information content (AvgIpc) is 2.73. The molecule has 2 aromatic rings. The summed E-state index contributed by atoms with van der Waals surface area (Å²) in [4.78, 5) is 2.86. The zero-order chi connectivity index (χ0) is 19.8. The third-order valence-electron chi connectivity index (χ3n) is 4.52. The van der Waals surface area contributed by atoms with E-state index in [0.717, 1.165) is 11.1 Å². The molecule has 0 radical (unpaired) electrons. The molecule has 1 fully saturated rings. The lowest BCUT2D eigenvalue weighted by atomic mass is 9.97. The van der Waals surface area contributed by atoms with Crippen molar-refractivity contribution in [3.05, 3.63) is 82.2 Å². The molecule has 0 saturated carbocycles. The Morgan fingerprint density at radius 1 is 0.964 bits per heavy atom. The molecule has 0 bridgehead atoms. The Hall–Kier alpha value is -2.45. The summed E-state index contributed by atoms with van der Waals surface area (Å²) in [5, 5.41) is 24.1. The lowest BCUT2D eigenvalue weighted by Crippen LogP contribution is -2.58. The van der Waals surface area contributed by atoms with Crippen molar-refractivity contribution in [1.82, 2.24) is 0 Å². The third kappa shape index (κ3) is 5.30. The molecule has 2 N–H and O–H groups in total. The number of hydrogen-bond acceptors (Lipinski definition) is 6. The Kier molecular flexibility index (Phi) is 7.39. The molecule has 2 aromatic carbocycles. The number of aliphatic hydroxyl groups is 2. The summed E-state index contributed by atoms with van der Waals surface area (Å²) < 4.78 is 16.9. The quantitative estimate of drug-likeness (QED) is 0.411. The molecular formula is C20H23N3O5. The van der Waals surface area contributed by atoms with E-state index >= 15 is 0 Å². The maximum atomic E-state index is 10.3. The van der Waals surface area contributed by atoms with Gasteiger partial charge in [-0.1, -0.05) is 65.8 Å². The first-order valence-corrected chi connectivity index (χ1v) is 9.02. The summed E-state index contributed by atoms with van der Waals surface area (Å²) in [5.74, 6) is 0. The number of benzene rings is 2. The fraction of sp³-hybridized carbons (Fsp3) is 0.400. The van der Waals surface area contributed by atoms with Crippen molar-refractivity contribution >= 4 is 0 Å². The Bertz CT molecular complexity index is 770. The number of nitrogens with zero attached hydrogens (tertiary/aromatic N) is 3. The van der Waals surface area contributed by atoms with E-state index in [0.29, 0.717) is 6.61 Å². The summed E-state index contributed by atoms with van der Waals surface area (Å²) in [5.41, 5.74) is 10.8. The maximum Gasteiger partial charge on any atom is 0.183 e. The lowest BCUT2D eigenvalue weighted by Gasteiger charge is -2.41. The van der Waals surface area contributed by atoms with E-state index in [2.05, 4.69) is 10.0 Å². The molecule has 1 aliphatic rings. The highest BCUT2D eigenvalue weighted by Gasteiger charge is 2.45. The van der Waals surface area contributed by atoms with Crippen LogP contribution >= 0.6 is 0 Å². The topological polar surface area (TPSA) is 117 Å². The minimum atomic E-state index is -1.46. The highest BCUT2D eigenvalue weighted by Crippen LogP contribution is 2.26. The Morgan fingerprint density at radius 2 is 1.57 bits per heavy atom. The van der Waals surface area contributed by atoms with Crippen LogP contribution in [0.3, 0.4) is 0 Å². The van der Waals surface area contributed by atoms with E-state index < -0.39 is 30.6 Å². The van der Waals surface area contributed by atoms with Crippen LogP contribution in [0.5, 0.6) is 0 Å². The first-order chi connectivity index (χ1) is 13.7. The summed E-state index contributed by atoms with van der Waals surface area (Å²) in [6.45, 7) is 0.621. The highest BCUT2D eigenvalue weighted by molar-refractivity contribution is 5.14. The van der Waals surface area contributed by atoms with E-state index in [1.165, 1.54) is 0 Å². The van der Waals surface area contributed by atoms with Gasteiger partial charge in [-0.3, -0.25) is 0 Å². The van der Waals surface area contributed by atoms with Crippen molar-refractivity contribution < 1.29 is 24.4 Å². The van der Waals surface area contributed by atoms with Gasteiger partial charge >= 0.3 is 0 Å². The van der Waals surface area contributed by atoms with Gasteiger partial charge in [0.2, 0.25) is 0 Å². The molecule has 1 heterocycles. The van der Waals surface area contributed by atoms with Crippen LogP contribution in [0.4, 0.5) is 0 Å². The zero-order valence-corrected chi connectivity index (χ0v) is 15.2. The normalized spacial score (nSPS) is 27.1. The molecule has 3 rings (SSSR count). The first-order valence-electron chi connectivity index (χ1n) is 9.02. The number of rotatable bonds is 8. The Morgan fingerprint density at radius 3 is 2.18 bits per heavy atom. The van der Waals surface area contributed by atoms with Crippen molar-refractivity contribution in [2.75, 3.05) is 6.61 Å². The fourth-order valence-electron chi connectivity index (χ4n) is 3.08. The minimum absolute atomic E-state index is 0.0769. The van der Waals surface area contributed by atoms with Crippen LogP contribution in [0.1, 0.15) is 11.1 Å². The van der Waals surface area contributed by atoms with Crippen molar-refractivity contribution in [3.8, 4) is 0 Å². The van der Waals surface area contributed by atoms with Crippen molar-refractivity contribution in [2.45, 2.75) is 43.9 Å². The van der Waals surface area contributed by atoms with E-state index in [9.17, 15) is 10.2 Å². The molecule has 5 atom stereocenters. The molecule has 0 amide bonds. The van der Waals surface area contributed by atoms with Crippen molar-refractivity contribution in [2.24, 2.45) is 5.11 Å². The molecule has 0 spiro atoms. The van der Waals surface area contributed by atoms with Crippen LogP contribution in [-0.4, -0.2) is 47.5 Å². The Labute approximate surface area is 162 Å². The van der Waals surface area contributed by atoms with Gasteiger partial charge < -0.3 is 24.4 Å². The number of ether oxygens (including phenoxy) is 3. The predicted molar refractivity (Wildman–Crippen MR) is 101 cm³/mol. The number of hydrogen-bond donors (Lipinski definition) is 2. The summed E-state index contributed by atoms with van der Waals surface area (Å²) in [7, 11) is 0. The maximum absolute atomic E-state index is 10.3. The van der Waals surface area contributed by atoms with Gasteiger partial charge in [-0.2, -0.15) is 0 Å². The average molecular weight is 385 g/mol. The van der Waals surface area contributed by atoms with E-state index in [1.54, 1.807) is 0 Å². The van der Waals surface area contributed by atoms with Gasteiger partial charge in [0, 0.05) is 4.91 Å². The van der Waals surface area contributed by atoms with Crippen LogP contribution in [-0.2, 0) is 27.4 Å². The monoisotopic (exact) mass is 385 g/mol. The molecule has 8 heteroatoms. The second-order valence-corrected chi connectivity index (χ2v) is 6.51. The second kappa shape index (κ2) is 10.2. The SMILES string of the molecule is [N-]=[N+]=N[C@@H]1C(OCc2ccccc2)C(O)[C@H](O)O[C@@H]1COCc1ccccc1. The molecule has 0 aliphatic carbocycles. The van der Waals surface area contributed by atoms with E-state index in [1.807, 2.05) is 60.7 Å². The molecule has 0 aromatic heterocycles. The predicted octanol–water partition coefficient (Wildman–Crippen LogP) is 2.55. The molecule has 148 valence electrons. The van der Waals surface area contributed by atoms with Crippen LogP contribution in [0.25, 0.3) is 10.4 Å². The van der Waals surface area contributed by atoms with Crippen LogP contribution in [0, 0.1) is 0 Å². The smallest absolute Gasteiger partial charge is 0.183 e. The van der Waals surface area contributed by atoms with Crippen molar-refractivity contribution in [1.29, 1.82) is 0 Å². The van der Waals surface area contributed by atoms with Gasteiger partial charge in [0.25, 0.3) is 0 Å². The standard InChI is InChI=1S/C20H23N3O5/c21-23-22-17-16(13-26-11-14-7-3-1-4-8-14)28-20(25)18(24)19(17)27-12-15-9-5-2-6-10-15/h1-10,16-20,24-25H,11-13H2/t16-,17+,18?,19?,20-/m1/s1. The van der Waals surface area contributed by atoms with Gasteiger partial charge in [0.05, 0.1) is 38.1 Å². The largest absolute Gasteiger partial charge is 0.385 e. The highest BCUT2D eigenvalue weighted by atomic mass is 16.6. The third-order valence-corrected chi connectivity index (χ3v) is 4.52. The van der Waals surface area contributed by atoms with Gasteiger partial charge in [-0.15, -0.1) is 0 Å². The summed E-state index contributed by atoms with van der Waals surface area (Å²) in [6.07, 6.45) is -4.48. The minimum Gasteiger partial charge on any atom is -0.385 e. The van der Waals surface area contributed by atoms with Crippen molar-refractivity contribution in [3.63, 3.8) is 0 Å². The van der Waals surface area contributed by atoms with Gasteiger partial charge in [0.15, 0.2) is 6.29 Å². The van der Waals surface area contributed by atoms with Crippen LogP contribution < -0.4 is 0 Å². The van der Waals surface area contributed by atoms with Crippen LogP contribution in [0.15, 0.2) is 65.8 Å². The molecule has 1 saturated heterocycles. The fourth-order valence-corrected chi connectivity index (χ4v) is 3.08. The van der Waals surface area contributed by atoms with Gasteiger partial charge in [-0.25, -0.2) is 0 Å². The summed E-state index contributed by atoms with van der Waals surface area (Å²) >= 11 is 0. The molecule has 8 nitrogen and oxygen atoms in total. The number of azide groups is 1. The molecule has 28 heavy (non-hydrogen) atoms. The van der Waals surface area contributed by atoms with Gasteiger partial charge in [0.1, 0.15) is 6.10 Å². The Balaban J connectivity index is 1.65. The van der Waals surface area contributed by atoms with E-state index in [-0.39, 0.29) is 13.2 Å². The summed E-state index contributed by atoms with van der Waals surface area (Å²) in [6, 6.07) is 18.1. The van der Waals surface area contributed by atoms with Gasteiger partial charge in [-0.05, 0) is 16.7 Å². The van der Waals surface area contributed by atoms with E-state index in [4.69, 9.17) is 19.7 Å².